The maximum Gasteiger partial charge on any atom is 0.170 e. The summed E-state index contributed by atoms with van der Waals surface area (Å²) < 4.78 is 10.5. The number of ether oxygens (including phenoxy) is 2. The van der Waals surface area contributed by atoms with E-state index in [-0.39, 0.29) is 11.7 Å². The van der Waals surface area contributed by atoms with Gasteiger partial charge in [-0.1, -0.05) is 12.1 Å². The van der Waals surface area contributed by atoms with Crippen molar-refractivity contribution in [2.24, 2.45) is 0 Å². The summed E-state index contributed by atoms with van der Waals surface area (Å²) in [5.74, 6) is 1.63. The molecule has 1 unspecified atom stereocenters. The molecule has 2 aromatic rings. The average Bonchev–Trinajstić information content (AvgIpc) is 2.83. The van der Waals surface area contributed by atoms with E-state index < -0.39 is 0 Å². The quantitative estimate of drug-likeness (QED) is 0.857. The van der Waals surface area contributed by atoms with Gasteiger partial charge in [-0.2, -0.15) is 0 Å². The van der Waals surface area contributed by atoms with Crippen molar-refractivity contribution in [2.75, 3.05) is 14.2 Å². The van der Waals surface area contributed by atoms with Crippen LogP contribution in [0.4, 0.5) is 0 Å². The number of carbonyl (C=O) groups excluding carboxylic acids is 1. The highest BCUT2D eigenvalue weighted by Crippen LogP contribution is 2.36. The highest BCUT2D eigenvalue weighted by Gasteiger charge is 2.32. The molecule has 0 fully saturated rings. The smallest absolute Gasteiger partial charge is 0.170 e. The third kappa shape index (κ3) is 2.05. The Morgan fingerprint density at radius 2 is 1.75 bits per heavy atom. The van der Waals surface area contributed by atoms with Crippen LogP contribution in [0.15, 0.2) is 42.5 Å². The Hall–Kier alpha value is -2.29. The first-order valence-electron chi connectivity index (χ1n) is 6.58. The Kier molecular flexibility index (Phi) is 3.18. The average molecular weight is 268 g/mol. The van der Waals surface area contributed by atoms with Crippen molar-refractivity contribution in [1.82, 2.24) is 0 Å². The van der Waals surface area contributed by atoms with Crippen LogP contribution >= 0.6 is 0 Å². The number of fused-ring (bicyclic) bond motifs is 1. The van der Waals surface area contributed by atoms with Gasteiger partial charge in [0.15, 0.2) is 5.78 Å². The molecule has 1 atom stereocenters. The van der Waals surface area contributed by atoms with E-state index in [0.29, 0.717) is 0 Å². The van der Waals surface area contributed by atoms with E-state index in [1.165, 1.54) is 0 Å². The summed E-state index contributed by atoms with van der Waals surface area (Å²) in [5, 5.41) is 0. The van der Waals surface area contributed by atoms with E-state index >= 15 is 0 Å². The van der Waals surface area contributed by atoms with Gasteiger partial charge >= 0.3 is 0 Å². The fourth-order valence-corrected chi connectivity index (χ4v) is 2.73. The van der Waals surface area contributed by atoms with E-state index in [2.05, 4.69) is 0 Å². The third-order valence-electron chi connectivity index (χ3n) is 3.81. The molecule has 0 saturated carbocycles. The number of hydrogen-bond acceptors (Lipinski definition) is 3. The largest absolute Gasteiger partial charge is 0.497 e. The monoisotopic (exact) mass is 268 g/mol. The van der Waals surface area contributed by atoms with Gasteiger partial charge in [-0.15, -0.1) is 0 Å². The maximum absolute atomic E-state index is 12.5. The highest BCUT2D eigenvalue weighted by atomic mass is 16.5. The lowest BCUT2D eigenvalue weighted by molar-refractivity contribution is 0.0973. The molecule has 0 N–H and O–H groups in total. The molecule has 0 aliphatic heterocycles. The molecular formula is C17H16O3. The summed E-state index contributed by atoms with van der Waals surface area (Å²) in [6, 6.07) is 13.4. The van der Waals surface area contributed by atoms with Crippen LogP contribution in [0, 0.1) is 0 Å². The fraction of sp³-hybridized carbons (Fsp3) is 0.235. The van der Waals surface area contributed by atoms with Gasteiger partial charge in [0.05, 0.1) is 20.1 Å². The Bertz CT molecular complexity index is 661. The molecule has 1 aliphatic carbocycles. The normalized spacial score (nSPS) is 16.9. The Morgan fingerprint density at radius 1 is 1.00 bits per heavy atom. The summed E-state index contributed by atoms with van der Waals surface area (Å²) in [7, 11) is 3.27. The lowest BCUT2D eigenvalue weighted by Gasteiger charge is -2.09. The van der Waals surface area contributed by atoms with Crippen molar-refractivity contribution >= 4 is 5.78 Å². The van der Waals surface area contributed by atoms with E-state index in [1.54, 1.807) is 14.2 Å². The summed E-state index contributed by atoms with van der Waals surface area (Å²) >= 11 is 0. The van der Waals surface area contributed by atoms with Gasteiger partial charge in [0, 0.05) is 5.56 Å². The van der Waals surface area contributed by atoms with Crippen LogP contribution in [0.25, 0.3) is 0 Å². The molecule has 0 amide bonds. The van der Waals surface area contributed by atoms with Crippen molar-refractivity contribution in [3.63, 3.8) is 0 Å². The predicted molar refractivity (Wildman–Crippen MR) is 76.8 cm³/mol. The van der Waals surface area contributed by atoms with Gasteiger partial charge in [-0.25, -0.2) is 0 Å². The van der Waals surface area contributed by atoms with Crippen LogP contribution in [0.2, 0.25) is 0 Å². The van der Waals surface area contributed by atoms with Crippen LogP contribution < -0.4 is 9.47 Å². The molecule has 0 aromatic heterocycles. The van der Waals surface area contributed by atoms with Gasteiger partial charge in [0.1, 0.15) is 11.5 Å². The zero-order chi connectivity index (χ0) is 14.1. The number of methoxy groups -OCH3 is 2. The molecule has 3 rings (SSSR count). The molecule has 102 valence electrons. The number of hydrogen-bond donors (Lipinski definition) is 0. The van der Waals surface area contributed by atoms with Crippen LogP contribution in [-0.4, -0.2) is 20.0 Å². The van der Waals surface area contributed by atoms with Crippen LogP contribution in [-0.2, 0) is 6.42 Å². The van der Waals surface area contributed by atoms with Gasteiger partial charge < -0.3 is 9.47 Å². The fourth-order valence-electron chi connectivity index (χ4n) is 2.73. The maximum atomic E-state index is 12.5. The molecule has 0 saturated heterocycles. The first kappa shape index (κ1) is 12.7. The molecule has 0 radical (unpaired) electrons. The second-order valence-electron chi connectivity index (χ2n) is 4.92. The van der Waals surface area contributed by atoms with Crippen LogP contribution in [0.1, 0.15) is 27.4 Å². The van der Waals surface area contributed by atoms with Crippen molar-refractivity contribution in [3.8, 4) is 11.5 Å². The van der Waals surface area contributed by atoms with Crippen molar-refractivity contribution in [1.29, 1.82) is 0 Å². The minimum Gasteiger partial charge on any atom is -0.497 e. The number of carbonyl (C=O) groups is 1. The van der Waals surface area contributed by atoms with Gasteiger partial charge in [0.25, 0.3) is 0 Å². The zero-order valence-electron chi connectivity index (χ0n) is 11.6. The van der Waals surface area contributed by atoms with Gasteiger partial charge in [-0.3, -0.25) is 4.79 Å². The number of rotatable bonds is 3. The molecule has 0 bridgehead atoms. The molecule has 3 heteroatoms. The minimum atomic E-state index is -0.118. The Balaban J connectivity index is 1.96. The van der Waals surface area contributed by atoms with E-state index in [1.807, 2.05) is 42.5 Å². The zero-order valence-corrected chi connectivity index (χ0v) is 11.6. The number of benzene rings is 2. The topological polar surface area (TPSA) is 35.5 Å². The van der Waals surface area contributed by atoms with Crippen molar-refractivity contribution < 1.29 is 14.3 Å². The first-order valence-corrected chi connectivity index (χ1v) is 6.58. The molecule has 20 heavy (non-hydrogen) atoms. The Morgan fingerprint density at radius 3 is 2.50 bits per heavy atom. The lowest BCUT2D eigenvalue weighted by atomic mass is 9.95. The van der Waals surface area contributed by atoms with Crippen LogP contribution in [0.5, 0.6) is 11.5 Å². The summed E-state index contributed by atoms with van der Waals surface area (Å²) in [6.07, 6.45) is 0.721. The molecule has 2 aromatic carbocycles. The molecule has 3 nitrogen and oxygen atoms in total. The van der Waals surface area contributed by atoms with Crippen molar-refractivity contribution in [2.45, 2.75) is 12.3 Å². The molecule has 0 spiro atoms. The number of Topliss-reactive ketones (excluding diaryl/α,β-unsaturated/α-hetero) is 1. The highest BCUT2D eigenvalue weighted by molar-refractivity contribution is 6.05. The molecular weight excluding hydrogens is 252 g/mol. The number of ketones is 1. The van der Waals surface area contributed by atoms with E-state index in [9.17, 15) is 4.79 Å². The second kappa shape index (κ2) is 5.00. The van der Waals surface area contributed by atoms with Crippen LogP contribution in [0.3, 0.4) is 0 Å². The van der Waals surface area contributed by atoms with E-state index in [4.69, 9.17) is 9.47 Å². The molecule has 0 heterocycles. The van der Waals surface area contributed by atoms with Crippen molar-refractivity contribution in [3.05, 3.63) is 59.2 Å². The summed E-state index contributed by atoms with van der Waals surface area (Å²) in [6.45, 7) is 0. The second-order valence-corrected chi connectivity index (χ2v) is 4.92. The van der Waals surface area contributed by atoms with Gasteiger partial charge in [-0.05, 0) is 47.9 Å². The minimum absolute atomic E-state index is 0.118. The third-order valence-corrected chi connectivity index (χ3v) is 3.81. The predicted octanol–water partition coefficient (Wildman–Crippen LogP) is 3.23. The summed E-state index contributed by atoms with van der Waals surface area (Å²) in [5.41, 5.74) is 2.87. The lowest BCUT2D eigenvalue weighted by Crippen LogP contribution is -2.06. The standard InChI is InChI=1S/C17H16O3/c1-19-13-5-3-4-11(8-13)16-10-12-9-14(20-2)6-7-15(12)17(16)18/h3-9,16H,10H2,1-2H3. The SMILES string of the molecule is COc1cccc(C2Cc3cc(OC)ccc3C2=O)c1. The Labute approximate surface area is 118 Å². The summed E-state index contributed by atoms with van der Waals surface area (Å²) in [4.78, 5) is 12.5. The van der Waals surface area contributed by atoms with E-state index in [0.717, 1.165) is 34.6 Å². The first-order chi connectivity index (χ1) is 9.72. The van der Waals surface area contributed by atoms with Gasteiger partial charge in [0.2, 0.25) is 0 Å². The molecule has 1 aliphatic rings.